The van der Waals surface area contributed by atoms with Crippen molar-refractivity contribution < 1.29 is 9.47 Å². The standard InChI is InChI=1S/C16H25N3O2S/c1-13-15(22-12-17-13)7-19-6-14-8-21-11-16(14,10-19)9-18-2-4-20-5-3-18/h12,14H,2-11H2,1H3/t14-,16+/m0/s1. The number of nitrogens with zero attached hydrogens (tertiary/aromatic N) is 3. The highest BCUT2D eigenvalue weighted by Crippen LogP contribution is 2.42. The maximum Gasteiger partial charge on any atom is 0.0798 e. The Morgan fingerprint density at radius 1 is 1.32 bits per heavy atom. The van der Waals surface area contributed by atoms with Crippen LogP contribution in [0.3, 0.4) is 0 Å². The Morgan fingerprint density at radius 2 is 2.18 bits per heavy atom. The predicted molar refractivity (Wildman–Crippen MR) is 86.1 cm³/mol. The van der Waals surface area contributed by atoms with E-state index in [1.54, 1.807) is 11.3 Å². The summed E-state index contributed by atoms with van der Waals surface area (Å²) in [6.45, 7) is 12.4. The average molecular weight is 323 g/mol. The molecule has 0 unspecified atom stereocenters. The number of aryl methyl sites for hydroxylation is 1. The molecule has 3 aliphatic heterocycles. The fourth-order valence-electron chi connectivity index (χ4n) is 4.17. The smallest absolute Gasteiger partial charge is 0.0798 e. The molecule has 1 aromatic heterocycles. The summed E-state index contributed by atoms with van der Waals surface area (Å²) in [7, 11) is 0. The van der Waals surface area contributed by atoms with Crippen molar-refractivity contribution in [1.82, 2.24) is 14.8 Å². The molecule has 2 atom stereocenters. The third-order valence-electron chi connectivity index (χ3n) is 5.45. The van der Waals surface area contributed by atoms with Crippen molar-refractivity contribution in [1.29, 1.82) is 0 Å². The van der Waals surface area contributed by atoms with Crippen LogP contribution in [0.25, 0.3) is 0 Å². The van der Waals surface area contributed by atoms with E-state index in [1.807, 2.05) is 5.51 Å². The van der Waals surface area contributed by atoms with E-state index in [9.17, 15) is 0 Å². The number of hydrogen-bond donors (Lipinski definition) is 0. The van der Waals surface area contributed by atoms with Crippen molar-refractivity contribution in [2.45, 2.75) is 13.5 Å². The molecule has 4 heterocycles. The Hall–Kier alpha value is -0.530. The molecule has 0 N–H and O–H groups in total. The summed E-state index contributed by atoms with van der Waals surface area (Å²) in [5.41, 5.74) is 3.49. The van der Waals surface area contributed by atoms with Crippen molar-refractivity contribution in [3.8, 4) is 0 Å². The summed E-state index contributed by atoms with van der Waals surface area (Å²) >= 11 is 1.79. The molecule has 0 amide bonds. The summed E-state index contributed by atoms with van der Waals surface area (Å²) in [5.74, 6) is 0.684. The molecule has 4 rings (SSSR count). The number of thiazole rings is 1. The zero-order chi connectivity index (χ0) is 15.0. The molecule has 3 saturated heterocycles. The molecule has 5 nitrogen and oxygen atoms in total. The van der Waals surface area contributed by atoms with E-state index in [0.29, 0.717) is 11.3 Å². The van der Waals surface area contributed by atoms with Crippen molar-refractivity contribution in [3.63, 3.8) is 0 Å². The predicted octanol–water partition coefficient (Wildman–Crippen LogP) is 1.23. The molecule has 0 spiro atoms. The monoisotopic (exact) mass is 323 g/mol. The Balaban J connectivity index is 1.43. The highest BCUT2D eigenvalue weighted by Gasteiger charge is 2.51. The van der Waals surface area contributed by atoms with E-state index in [1.165, 1.54) is 23.7 Å². The van der Waals surface area contributed by atoms with Gasteiger partial charge in [-0.1, -0.05) is 0 Å². The van der Waals surface area contributed by atoms with Gasteiger partial charge in [-0.2, -0.15) is 0 Å². The number of ether oxygens (including phenoxy) is 2. The minimum Gasteiger partial charge on any atom is -0.380 e. The number of likely N-dealkylation sites (tertiary alicyclic amines) is 1. The van der Waals surface area contributed by atoms with Gasteiger partial charge >= 0.3 is 0 Å². The first-order valence-electron chi connectivity index (χ1n) is 8.24. The summed E-state index contributed by atoms with van der Waals surface area (Å²) in [6.07, 6.45) is 0. The first-order chi connectivity index (χ1) is 10.8. The molecule has 0 aromatic carbocycles. The molecule has 3 fully saturated rings. The van der Waals surface area contributed by atoms with E-state index in [2.05, 4.69) is 21.7 Å². The van der Waals surface area contributed by atoms with Gasteiger partial charge in [0.25, 0.3) is 0 Å². The van der Waals surface area contributed by atoms with Crippen molar-refractivity contribution >= 4 is 11.3 Å². The SMILES string of the molecule is Cc1ncsc1CN1C[C@H]2COC[C@@]2(CN2CCOCC2)C1. The Labute approximate surface area is 136 Å². The van der Waals surface area contributed by atoms with Crippen LogP contribution in [0.4, 0.5) is 0 Å². The van der Waals surface area contributed by atoms with E-state index < -0.39 is 0 Å². The van der Waals surface area contributed by atoms with Crippen LogP contribution in [0.5, 0.6) is 0 Å². The fraction of sp³-hybridized carbons (Fsp3) is 0.812. The maximum atomic E-state index is 5.87. The second-order valence-electron chi connectivity index (χ2n) is 6.99. The largest absolute Gasteiger partial charge is 0.380 e. The second kappa shape index (κ2) is 6.17. The number of rotatable bonds is 4. The third kappa shape index (κ3) is 2.83. The average Bonchev–Trinajstić information content (AvgIpc) is 3.15. The molecule has 0 aliphatic carbocycles. The van der Waals surface area contributed by atoms with Gasteiger partial charge in [0.15, 0.2) is 0 Å². The molecule has 22 heavy (non-hydrogen) atoms. The van der Waals surface area contributed by atoms with Crippen molar-refractivity contribution in [2.24, 2.45) is 11.3 Å². The van der Waals surface area contributed by atoms with E-state index in [0.717, 1.165) is 52.6 Å². The normalized spacial score (nSPS) is 33.4. The van der Waals surface area contributed by atoms with Gasteiger partial charge in [0, 0.05) is 55.5 Å². The summed E-state index contributed by atoms with van der Waals surface area (Å²) in [5, 5.41) is 0. The van der Waals surface area contributed by atoms with Crippen LogP contribution in [0, 0.1) is 18.3 Å². The summed E-state index contributed by atoms with van der Waals surface area (Å²) in [4.78, 5) is 11.0. The van der Waals surface area contributed by atoms with Crippen LogP contribution in [0.2, 0.25) is 0 Å². The molecule has 0 saturated carbocycles. The molecule has 6 heteroatoms. The molecule has 0 radical (unpaired) electrons. The van der Waals surface area contributed by atoms with Gasteiger partial charge < -0.3 is 9.47 Å². The Bertz CT molecular complexity index is 517. The van der Waals surface area contributed by atoms with Gasteiger partial charge in [-0.25, -0.2) is 4.98 Å². The highest BCUT2D eigenvalue weighted by atomic mass is 32.1. The van der Waals surface area contributed by atoms with E-state index >= 15 is 0 Å². The molecular weight excluding hydrogens is 298 g/mol. The lowest BCUT2D eigenvalue weighted by atomic mass is 9.80. The van der Waals surface area contributed by atoms with Gasteiger partial charge in [0.1, 0.15) is 0 Å². The Morgan fingerprint density at radius 3 is 2.95 bits per heavy atom. The first-order valence-corrected chi connectivity index (χ1v) is 9.12. The van der Waals surface area contributed by atoms with Crippen LogP contribution in [-0.4, -0.2) is 73.9 Å². The van der Waals surface area contributed by atoms with E-state index in [-0.39, 0.29) is 0 Å². The van der Waals surface area contributed by atoms with E-state index in [4.69, 9.17) is 9.47 Å². The highest BCUT2D eigenvalue weighted by molar-refractivity contribution is 7.09. The zero-order valence-corrected chi connectivity index (χ0v) is 14.1. The topological polar surface area (TPSA) is 37.8 Å². The van der Waals surface area contributed by atoms with Crippen molar-refractivity contribution in [3.05, 3.63) is 16.1 Å². The quantitative estimate of drug-likeness (QED) is 0.833. The zero-order valence-electron chi connectivity index (χ0n) is 13.3. The molecular formula is C16H25N3O2S. The minimum absolute atomic E-state index is 0.329. The molecule has 3 aliphatic rings. The van der Waals surface area contributed by atoms with Gasteiger partial charge in [-0.3, -0.25) is 9.80 Å². The Kier molecular flexibility index (Phi) is 4.21. The summed E-state index contributed by atoms with van der Waals surface area (Å²) < 4.78 is 11.4. The van der Waals surface area contributed by atoms with Crippen LogP contribution in [-0.2, 0) is 16.0 Å². The second-order valence-corrected chi connectivity index (χ2v) is 7.93. The lowest BCUT2D eigenvalue weighted by Crippen LogP contribution is -2.47. The van der Waals surface area contributed by atoms with Gasteiger partial charge in [0.2, 0.25) is 0 Å². The molecule has 1 aromatic rings. The lowest BCUT2D eigenvalue weighted by molar-refractivity contribution is 0.0102. The van der Waals surface area contributed by atoms with Gasteiger partial charge in [0.05, 0.1) is 37.6 Å². The molecule has 122 valence electrons. The van der Waals surface area contributed by atoms with Crippen molar-refractivity contribution in [2.75, 3.05) is 59.2 Å². The van der Waals surface area contributed by atoms with Gasteiger partial charge in [-0.05, 0) is 6.92 Å². The third-order valence-corrected chi connectivity index (χ3v) is 6.37. The maximum absolute atomic E-state index is 5.87. The van der Waals surface area contributed by atoms with Crippen LogP contribution < -0.4 is 0 Å². The number of hydrogen-bond acceptors (Lipinski definition) is 6. The lowest BCUT2D eigenvalue weighted by Gasteiger charge is -2.36. The minimum atomic E-state index is 0.329. The number of aromatic nitrogens is 1. The van der Waals surface area contributed by atoms with Crippen LogP contribution >= 0.6 is 11.3 Å². The molecule has 0 bridgehead atoms. The number of fused-ring (bicyclic) bond motifs is 1. The fourth-order valence-corrected chi connectivity index (χ4v) is 4.99. The van der Waals surface area contributed by atoms with Crippen LogP contribution in [0.15, 0.2) is 5.51 Å². The first kappa shape index (κ1) is 15.0. The summed E-state index contributed by atoms with van der Waals surface area (Å²) in [6, 6.07) is 0. The van der Waals surface area contributed by atoms with Gasteiger partial charge in [-0.15, -0.1) is 11.3 Å². The van der Waals surface area contributed by atoms with Crippen LogP contribution in [0.1, 0.15) is 10.6 Å². The number of morpholine rings is 1.